The smallest absolute Gasteiger partial charge is 0.224 e. The summed E-state index contributed by atoms with van der Waals surface area (Å²) < 4.78 is 0. The Morgan fingerprint density at radius 2 is 1.85 bits per heavy atom. The molecule has 2 aromatic carbocycles. The zero-order valence-corrected chi connectivity index (χ0v) is 15.9. The minimum atomic E-state index is -0.255. The highest BCUT2D eigenvalue weighted by atomic mass is 16.3. The average molecular weight is 352 g/mol. The van der Waals surface area contributed by atoms with E-state index in [1.165, 1.54) is 5.69 Å². The molecule has 26 heavy (non-hydrogen) atoms. The second kappa shape index (κ2) is 7.92. The van der Waals surface area contributed by atoms with Gasteiger partial charge < -0.3 is 10.0 Å². The number of aromatic hydroxyl groups is 1. The van der Waals surface area contributed by atoms with E-state index in [0.29, 0.717) is 18.2 Å². The van der Waals surface area contributed by atoms with Crippen molar-refractivity contribution in [3.05, 3.63) is 69.9 Å². The third-order valence-corrected chi connectivity index (χ3v) is 5.16. The summed E-state index contributed by atoms with van der Waals surface area (Å²) in [7, 11) is 0. The number of piperazine rings is 1. The fourth-order valence-electron chi connectivity index (χ4n) is 3.61. The fraction of sp³-hybridized carbons (Fsp3) is 0.409. The second-order valence-electron chi connectivity index (χ2n) is 7.49. The summed E-state index contributed by atoms with van der Waals surface area (Å²) in [6.07, 6.45) is 0. The minimum absolute atomic E-state index is 0.148. The van der Waals surface area contributed by atoms with Gasteiger partial charge in [-0.1, -0.05) is 44.2 Å². The lowest BCUT2D eigenvalue weighted by Crippen LogP contribution is -2.51. The van der Waals surface area contributed by atoms with Gasteiger partial charge in [-0.05, 0) is 36.6 Å². The van der Waals surface area contributed by atoms with E-state index >= 15 is 0 Å². The number of anilines is 1. The van der Waals surface area contributed by atoms with E-state index in [2.05, 4.69) is 54.8 Å². The zero-order valence-electron chi connectivity index (χ0n) is 15.9. The molecular formula is C22H28N2O2. The van der Waals surface area contributed by atoms with Crippen molar-refractivity contribution in [3.8, 4) is 5.75 Å². The van der Waals surface area contributed by atoms with Gasteiger partial charge in [-0.2, -0.15) is 0 Å². The molecule has 1 saturated heterocycles. The molecule has 4 heteroatoms. The molecule has 0 bridgehead atoms. The molecule has 1 N–H and O–H groups in total. The van der Waals surface area contributed by atoms with Crippen LogP contribution in [0, 0.1) is 0 Å². The third-order valence-electron chi connectivity index (χ3n) is 5.16. The molecule has 0 aliphatic carbocycles. The van der Waals surface area contributed by atoms with Crippen LogP contribution in [-0.4, -0.2) is 35.7 Å². The van der Waals surface area contributed by atoms with Crippen LogP contribution in [0.2, 0.25) is 0 Å². The molecule has 4 nitrogen and oxygen atoms in total. The van der Waals surface area contributed by atoms with Crippen molar-refractivity contribution in [2.24, 2.45) is 0 Å². The first-order chi connectivity index (χ1) is 12.5. The molecule has 1 heterocycles. The summed E-state index contributed by atoms with van der Waals surface area (Å²) in [6.45, 7) is 9.64. The van der Waals surface area contributed by atoms with Crippen molar-refractivity contribution in [2.75, 3.05) is 24.5 Å². The minimum Gasteiger partial charge on any atom is -0.504 e. The SMILES string of the molecule is CC(C)c1ccc(CN2CCN(c3ccccc3)C(C)C2)c(=O)c(O)c1. The van der Waals surface area contributed by atoms with Gasteiger partial charge in [0.2, 0.25) is 5.43 Å². The van der Waals surface area contributed by atoms with E-state index < -0.39 is 0 Å². The van der Waals surface area contributed by atoms with E-state index in [-0.39, 0.29) is 17.1 Å². The first-order valence-electron chi connectivity index (χ1n) is 9.36. The summed E-state index contributed by atoms with van der Waals surface area (Å²) in [4.78, 5) is 17.2. The Morgan fingerprint density at radius 1 is 1.12 bits per heavy atom. The number of para-hydroxylation sites is 1. The van der Waals surface area contributed by atoms with Gasteiger partial charge in [-0.3, -0.25) is 9.69 Å². The molecule has 2 aromatic rings. The van der Waals surface area contributed by atoms with Crippen molar-refractivity contribution in [2.45, 2.75) is 39.3 Å². The topological polar surface area (TPSA) is 43.8 Å². The molecule has 3 rings (SSSR count). The molecule has 1 aliphatic rings. The highest BCUT2D eigenvalue weighted by molar-refractivity contribution is 5.47. The summed E-state index contributed by atoms with van der Waals surface area (Å²) in [5.74, 6) is 0.125. The zero-order chi connectivity index (χ0) is 18.7. The van der Waals surface area contributed by atoms with Crippen LogP contribution in [0.25, 0.3) is 0 Å². The Balaban J connectivity index is 1.74. The van der Waals surface area contributed by atoms with Crippen LogP contribution in [0.5, 0.6) is 5.75 Å². The number of rotatable bonds is 4. The Morgan fingerprint density at radius 3 is 2.50 bits per heavy atom. The molecular weight excluding hydrogens is 324 g/mol. The summed E-state index contributed by atoms with van der Waals surface area (Å²) in [6, 6.07) is 16.3. The maximum absolute atomic E-state index is 12.5. The quantitative estimate of drug-likeness (QED) is 0.913. The standard InChI is InChI=1S/C22H28N2O2/c1-16(2)18-9-10-19(22(26)21(25)13-18)15-23-11-12-24(17(3)14-23)20-7-5-4-6-8-20/h4-10,13,16-17H,11-12,14-15H2,1-3H3,(H,25,26). The van der Waals surface area contributed by atoms with Gasteiger partial charge in [0.25, 0.3) is 0 Å². The van der Waals surface area contributed by atoms with Crippen LogP contribution in [0.1, 0.15) is 37.8 Å². The number of hydrogen-bond donors (Lipinski definition) is 1. The normalized spacial score (nSPS) is 18.3. The van der Waals surface area contributed by atoms with Gasteiger partial charge in [0.15, 0.2) is 5.75 Å². The molecule has 0 aromatic heterocycles. The fourth-order valence-corrected chi connectivity index (χ4v) is 3.61. The van der Waals surface area contributed by atoms with Crippen molar-refractivity contribution < 1.29 is 5.11 Å². The first-order valence-corrected chi connectivity index (χ1v) is 9.36. The van der Waals surface area contributed by atoms with E-state index in [1.807, 2.05) is 18.2 Å². The second-order valence-corrected chi connectivity index (χ2v) is 7.49. The van der Waals surface area contributed by atoms with Gasteiger partial charge in [-0.25, -0.2) is 0 Å². The Bertz CT molecular complexity index is 805. The Hall–Kier alpha value is -2.33. The molecule has 0 spiro atoms. The van der Waals surface area contributed by atoms with E-state index in [1.54, 1.807) is 6.07 Å². The van der Waals surface area contributed by atoms with Gasteiger partial charge in [0.05, 0.1) is 0 Å². The van der Waals surface area contributed by atoms with Crippen molar-refractivity contribution in [1.82, 2.24) is 4.90 Å². The van der Waals surface area contributed by atoms with Gasteiger partial charge >= 0.3 is 0 Å². The van der Waals surface area contributed by atoms with Crippen LogP contribution in [0.4, 0.5) is 5.69 Å². The van der Waals surface area contributed by atoms with Crippen LogP contribution in [0.15, 0.2) is 53.3 Å². The van der Waals surface area contributed by atoms with Gasteiger partial charge in [-0.15, -0.1) is 0 Å². The maximum Gasteiger partial charge on any atom is 0.224 e. The molecule has 0 radical (unpaired) electrons. The number of nitrogens with zero attached hydrogens (tertiary/aromatic N) is 2. The predicted molar refractivity (Wildman–Crippen MR) is 107 cm³/mol. The van der Waals surface area contributed by atoms with Crippen LogP contribution < -0.4 is 10.3 Å². The monoisotopic (exact) mass is 352 g/mol. The van der Waals surface area contributed by atoms with E-state index in [9.17, 15) is 9.90 Å². The summed E-state index contributed by atoms with van der Waals surface area (Å²) >= 11 is 0. The number of hydrogen-bond acceptors (Lipinski definition) is 4. The lowest BCUT2D eigenvalue weighted by Gasteiger charge is -2.41. The van der Waals surface area contributed by atoms with Crippen molar-refractivity contribution >= 4 is 5.69 Å². The molecule has 1 atom stereocenters. The molecule has 1 unspecified atom stereocenters. The summed E-state index contributed by atoms with van der Waals surface area (Å²) in [5.41, 5.74) is 2.63. The number of benzene rings is 1. The van der Waals surface area contributed by atoms with E-state index in [0.717, 1.165) is 25.2 Å². The van der Waals surface area contributed by atoms with Crippen LogP contribution >= 0.6 is 0 Å². The third kappa shape index (κ3) is 4.07. The molecule has 138 valence electrons. The highest BCUT2D eigenvalue weighted by Crippen LogP contribution is 2.21. The van der Waals surface area contributed by atoms with Gasteiger partial charge in [0.1, 0.15) is 0 Å². The Kier molecular flexibility index (Phi) is 5.62. The molecule has 0 amide bonds. The van der Waals surface area contributed by atoms with Crippen molar-refractivity contribution in [1.29, 1.82) is 0 Å². The largest absolute Gasteiger partial charge is 0.504 e. The van der Waals surface area contributed by atoms with Crippen molar-refractivity contribution in [3.63, 3.8) is 0 Å². The van der Waals surface area contributed by atoms with Crippen LogP contribution in [-0.2, 0) is 6.54 Å². The Labute approximate surface area is 155 Å². The maximum atomic E-state index is 12.5. The lowest BCUT2D eigenvalue weighted by molar-refractivity contribution is 0.220. The molecule has 1 fully saturated rings. The molecule has 0 saturated carbocycles. The lowest BCUT2D eigenvalue weighted by atomic mass is 10.1. The average Bonchev–Trinajstić information content (AvgIpc) is 2.76. The highest BCUT2D eigenvalue weighted by Gasteiger charge is 2.24. The summed E-state index contributed by atoms with van der Waals surface area (Å²) in [5, 5.41) is 10.1. The van der Waals surface area contributed by atoms with Gasteiger partial charge in [0, 0.05) is 43.5 Å². The predicted octanol–water partition coefficient (Wildman–Crippen LogP) is 3.59. The van der Waals surface area contributed by atoms with E-state index in [4.69, 9.17) is 0 Å². The first kappa shape index (κ1) is 18.5. The molecule has 1 aliphatic heterocycles. The van der Waals surface area contributed by atoms with Crippen LogP contribution in [0.3, 0.4) is 0 Å².